The first-order chi connectivity index (χ1) is 12.6. The van der Waals surface area contributed by atoms with Gasteiger partial charge in [0.15, 0.2) is 0 Å². The molecule has 2 aromatic rings. The van der Waals surface area contributed by atoms with Crippen LogP contribution in [0.2, 0.25) is 0 Å². The number of rotatable bonds is 6. The van der Waals surface area contributed by atoms with Crippen LogP contribution in [0.15, 0.2) is 24.3 Å². The third kappa shape index (κ3) is 4.36. The Morgan fingerprint density at radius 3 is 2.92 bits per heavy atom. The zero-order chi connectivity index (χ0) is 18.5. The number of benzene rings is 1. The number of aromatic nitrogens is 1. The predicted octanol–water partition coefficient (Wildman–Crippen LogP) is 3.95. The van der Waals surface area contributed by atoms with E-state index in [9.17, 15) is 4.79 Å². The van der Waals surface area contributed by atoms with Crippen LogP contribution in [0, 0.1) is 12.8 Å². The highest BCUT2D eigenvalue weighted by Crippen LogP contribution is 2.25. The van der Waals surface area contributed by atoms with E-state index in [2.05, 4.69) is 11.9 Å². The minimum atomic E-state index is 0.116. The van der Waals surface area contributed by atoms with Gasteiger partial charge in [-0.2, -0.15) is 0 Å². The second-order valence-corrected chi connectivity index (χ2v) is 7.71. The van der Waals surface area contributed by atoms with Gasteiger partial charge in [-0.25, -0.2) is 4.98 Å². The number of amides is 1. The largest absolute Gasteiger partial charge is 0.497 e. The molecular formula is C20H26N2O3S. The van der Waals surface area contributed by atoms with E-state index in [1.807, 2.05) is 36.1 Å². The highest BCUT2D eigenvalue weighted by Gasteiger charge is 2.27. The molecule has 0 spiro atoms. The minimum absolute atomic E-state index is 0.116. The molecule has 1 unspecified atom stereocenters. The number of carbonyl (C=O) groups excluding carboxylic acids is 1. The quantitative estimate of drug-likeness (QED) is 0.768. The number of nitrogens with zero attached hydrogens (tertiary/aromatic N) is 2. The first-order valence-electron chi connectivity index (χ1n) is 9.13. The predicted molar refractivity (Wildman–Crippen MR) is 103 cm³/mol. The number of piperidine rings is 1. The van der Waals surface area contributed by atoms with Crippen LogP contribution in [0.5, 0.6) is 11.5 Å². The summed E-state index contributed by atoms with van der Waals surface area (Å²) in [4.78, 5) is 20.1. The molecule has 1 aliphatic heterocycles. The van der Waals surface area contributed by atoms with Gasteiger partial charge in [0.25, 0.3) is 5.91 Å². The summed E-state index contributed by atoms with van der Waals surface area (Å²) in [6, 6.07) is 7.64. The molecule has 0 saturated carbocycles. The maximum Gasteiger partial charge on any atom is 0.265 e. The fourth-order valence-corrected chi connectivity index (χ4v) is 4.21. The SMILES string of the molecule is CCc1nc(C)c(C(=O)N2CCCC(COc3cccc(OC)c3)C2)s1. The lowest BCUT2D eigenvalue weighted by molar-refractivity contribution is 0.0637. The Bertz CT molecular complexity index is 759. The Labute approximate surface area is 159 Å². The van der Waals surface area contributed by atoms with Crippen LogP contribution < -0.4 is 9.47 Å². The fourth-order valence-electron chi connectivity index (χ4n) is 3.24. The maximum atomic E-state index is 12.9. The van der Waals surface area contributed by atoms with E-state index in [0.29, 0.717) is 12.5 Å². The van der Waals surface area contributed by atoms with Crippen molar-refractivity contribution in [2.75, 3.05) is 26.8 Å². The minimum Gasteiger partial charge on any atom is -0.497 e. The van der Waals surface area contributed by atoms with Crippen molar-refractivity contribution in [1.29, 1.82) is 0 Å². The second kappa shape index (κ2) is 8.54. The molecule has 1 saturated heterocycles. The number of thiazole rings is 1. The molecule has 1 atom stereocenters. The van der Waals surface area contributed by atoms with Gasteiger partial charge >= 0.3 is 0 Å². The first kappa shape index (κ1) is 18.7. The zero-order valence-electron chi connectivity index (χ0n) is 15.7. The number of methoxy groups -OCH3 is 1. The van der Waals surface area contributed by atoms with Gasteiger partial charge in [-0.3, -0.25) is 4.79 Å². The summed E-state index contributed by atoms with van der Waals surface area (Å²) in [6.45, 7) is 6.16. The first-order valence-corrected chi connectivity index (χ1v) is 9.94. The summed E-state index contributed by atoms with van der Waals surface area (Å²) < 4.78 is 11.2. The molecule has 26 heavy (non-hydrogen) atoms. The Balaban J connectivity index is 1.59. The van der Waals surface area contributed by atoms with Crippen LogP contribution in [0.4, 0.5) is 0 Å². The number of aryl methyl sites for hydroxylation is 2. The monoisotopic (exact) mass is 374 g/mol. The Morgan fingerprint density at radius 2 is 2.19 bits per heavy atom. The molecule has 0 N–H and O–H groups in total. The molecule has 1 aromatic carbocycles. The average molecular weight is 375 g/mol. The van der Waals surface area contributed by atoms with Crippen LogP contribution in [0.3, 0.4) is 0 Å². The van der Waals surface area contributed by atoms with Crippen molar-refractivity contribution in [3.63, 3.8) is 0 Å². The lowest BCUT2D eigenvalue weighted by atomic mass is 9.98. The van der Waals surface area contributed by atoms with E-state index in [1.54, 1.807) is 7.11 Å². The molecular weight excluding hydrogens is 348 g/mol. The van der Waals surface area contributed by atoms with Crippen LogP contribution in [0.25, 0.3) is 0 Å². The van der Waals surface area contributed by atoms with E-state index in [0.717, 1.165) is 59.4 Å². The standard InChI is InChI=1S/C20H26N2O3S/c1-4-18-21-14(2)19(26-18)20(23)22-10-6-7-15(12-22)13-25-17-9-5-8-16(11-17)24-3/h5,8-9,11,15H,4,6-7,10,12-13H2,1-3H3. The van der Waals surface area contributed by atoms with Crippen molar-refractivity contribution >= 4 is 17.2 Å². The van der Waals surface area contributed by atoms with Gasteiger partial charge in [-0.1, -0.05) is 13.0 Å². The Hall–Kier alpha value is -2.08. The molecule has 0 bridgehead atoms. The summed E-state index contributed by atoms with van der Waals surface area (Å²) in [5.74, 6) is 2.05. The number of ether oxygens (including phenoxy) is 2. The smallest absolute Gasteiger partial charge is 0.265 e. The molecule has 1 amide bonds. The van der Waals surface area contributed by atoms with Crippen LogP contribution in [-0.4, -0.2) is 42.6 Å². The molecule has 140 valence electrons. The van der Waals surface area contributed by atoms with Crippen molar-refractivity contribution in [2.45, 2.75) is 33.1 Å². The highest BCUT2D eigenvalue weighted by molar-refractivity contribution is 7.13. The normalized spacial score (nSPS) is 17.2. The molecule has 1 aromatic heterocycles. The third-order valence-corrected chi connectivity index (χ3v) is 5.96. The lowest BCUT2D eigenvalue weighted by Crippen LogP contribution is -2.41. The Morgan fingerprint density at radius 1 is 1.38 bits per heavy atom. The number of hydrogen-bond acceptors (Lipinski definition) is 5. The van der Waals surface area contributed by atoms with Gasteiger partial charge < -0.3 is 14.4 Å². The number of likely N-dealkylation sites (tertiary alicyclic amines) is 1. The molecule has 3 rings (SSSR count). The number of hydrogen-bond donors (Lipinski definition) is 0. The van der Waals surface area contributed by atoms with Gasteiger partial charge in [0.05, 0.1) is 24.4 Å². The van der Waals surface area contributed by atoms with Gasteiger partial charge in [0.1, 0.15) is 16.4 Å². The van der Waals surface area contributed by atoms with Crippen molar-refractivity contribution in [3.8, 4) is 11.5 Å². The van der Waals surface area contributed by atoms with Crippen molar-refractivity contribution in [3.05, 3.63) is 39.8 Å². The highest BCUT2D eigenvalue weighted by atomic mass is 32.1. The third-order valence-electron chi connectivity index (χ3n) is 4.67. The van der Waals surface area contributed by atoms with Crippen molar-refractivity contribution < 1.29 is 14.3 Å². The molecule has 1 aliphatic rings. The van der Waals surface area contributed by atoms with Gasteiger partial charge in [-0.05, 0) is 38.3 Å². The maximum absolute atomic E-state index is 12.9. The second-order valence-electron chi connectivity index (χ2n) is 6.63. The molecule has 0 radical (unpaired) electrons. The van der Waals surface area contributed by atoms with E-state index in [4.69, 9.17) is 9.47 Å². The van der Waals surface area contributed by atoms with E-state index in [-0.39, 0.29) is 5.91 Å². The molecule has 0 aliphatic carbocycles. The zero-order valence-corrected chi connectivity index (χ0v) is 16.5. The van der Waals surface area contributed by atoms with Gasteiger partial charge in [0, 0.05) is 25.1 Å². The molecule has 6 heteroatoms. The van der Waals surface area contributed by atoms with E-state index in [1.165, 1.54) is 11.3 Å². The number of carbonyl (C=O) groups is 1. The van der Waals surface area contributed by atoms with Crippen molar-refractivity contribution in [1.82, 2.24) is 9.88 Å². The summed E-state index contributed by atoms with van der Waals surface area (Å²) in [5, 5.41) is 1.03. The molecule has 1 fully saturated rings. The van der Waals surface area contributed by atoms with E-state index >= 15 is 0 Å². The molecule has 2 heterocycles. The van der Waals surface area contributed by atoms with E-state index < -0.39 is 0 Å². The molecule has 5 nitrogen and oxygen atoms in total. The van der Waals surface area contributed by atoms with Gasteiger partial charge in [0.2, 0.25) is 0 Å². The fraction of sp³-hybridized carbons (Fsp3) is 0.500. The van der Waals surface area contributed by atoms with Gasteiger partial charge in [-0.15, -0.1) is 11.3 Å². The van der Waals surface area contributed by atoms with Crippen molar-refractivity contribution in [2.24, 2.45) is 5.92 Å². The van der Waals surface area contributed by atoms with Crippen LogP contribution in [-0.2, 0) is 6.42 Å². The summed E-state index contributed by atoms with van der Waals surface area (Å²) in [5.41, 5.74) is 0.853. The summed E-state index contributed by atoms with van der Waals surface area (Å²) in [7, 11) is 1.65. The topological polar surface area (TPSA) is 51.7 Å². The summed E-state index contributed by atoms with van der Waals surface area (Å²) >= 11 is 1.53. The van der Waals surface area contributed by atoms with Crippen LogP contribution in [0.1, 0.15) is 40.1 Å². The van der Waals surface area contributed by atoms with Crippen LogP contribution >= 0.6 is 11.3 Å². The lowest BCUT2D eigenvalue weighted by Gasteiger charge is -2.32. The average Bonchev–Trinajstić information content (AvgIpc) is 3.07. The Kier molecular flexibility index (Phi) is 6.14. The summed E-state index contributed by atoms with van der Waals surface area (Å²) in [6.07, 6.45) is 2.96.